The quantitative estimate of drug-likeness (QED) is 0.733. The largest absolute Gasteiger partial charge is 0.435 e. The van der Waals surface area contributed by atoms with Crippen molar-refractivity contribution in [3.63, 3.8) is 0 Å². The Kier molecular flexibility index (Phi) is 4.43. The highest BCUT2D eigenvalue weighted by Crippen LogP contribution is 2.17. The number of ether oxygens (including phenoxy) is 1. The summed E-state index contributed by atoms with van der Waals surface area (Å²) in [6, 6.07) is 5.23. The van der Waals surface area contributed by atoms with Crippen molar-refractivity contribution in [2.75, 3.05) is 5.32 Å². The average Bonchev–Trinajstić information content (AvgIpc) is 2.87. The number of hydrogen-bond acceptors (Lipinski definition) is 4. The highest BCUT2D eigenvalue weighted by atomic mass is 32.1. The predicted molar refractivity (Wildman–Crippen MR) is 75.5 cm³/mol. The first-order valence-corrected chi connectivity index (χ1v) is 6.07. The summed E-state index contributed by atoms with van der Waals surface area (Å²) in [6.45, 7) is -2.91. The topological polar surface area (TPSA) is 93.0 Å². The summed E-state index contributed by atoms with van der Waals surface area (Å²) in [7, 11) is 0. The zero-order chi connectivity index (χ0) is 15.4. The molecule has 0 atom stereocenters. The van der Waals surface area contributed by atoms with Crippen LogP contribution in [0.15, 0.2) is 30.5 Å². The predicted octanol–water partition coefficient (Wildman–Crippen LogP) is 1.90. The van der Waals surface area contributed by atoms with Crippen LogP contribution in [0.3, 0.4) is 0 Å². The Morgan fingerprint density at radius 1 is 1.38 bits per heavy atom. The molecule has 4 N–H and O–H groups in total. The van der Waals surface area contributed by atoms with E-state index in [0.29, 0.717) is 5.56 Å². The number of alkyl halides is 2. The van der Waals surface area contributed by atoms with Crippen LogP contribution >= 0.6 is 12.2 Å². The lowest BCUT2D eigenvalue weighted by Gasteiger charge is -2.07. The first-order valence-electron chi connectivity index (χ1n) is 5.67. The summed E-state index contributed by atoms with van der Waals surface area (Å²) in [6.07, 6.45) is 1.39. The zero-order valence-electron chi connectivity index (χ0n) is 10.5. The number of anilines is 1. The minimum Gasteiger partial charge on any atom is -0.435 e. The molecule has 0 aliphatic heterocycles. The Morgan fingerprint density at radius 2 is 2.05 bits per heavy atom. The number of hydrogen-bond donors (Lipinski definition) is 3. The number of aromatic amines is 1. The van der Waals surface area contributed by atoms with Gasteiger partial charge in [-0.2, -0.15) is 13.9 Å². The molecule has 0 unspecified atom stereocenters. The summed E-state index contributed by atoms with van der Waals surface area (Å²) < 4.78 is 28.2. The SMILES string of the molecule is NC(=S)c1cn[nH]c1NC(=O)c1ccc(OC(F)F)cc1. The summed E-state index contributed by atoms with van der Waals surface area (Å²) in [5, 5.41) is 8.81. The number of thiocarbonyl (C=S) groups is 1. The van der Waals surface area contributed by atoms with E-state index in [1.165, 1.54) is 30.5 Å². The van der Waals surface area contributed by atoms with Gasteiger partial charge < -0.3 is 15.8 Å². The van der Waals surface area contributed by atoms with Crippen LogP contribution in [-0.4, -0.2) is 27.7 Å². The Balaban J connectivity index is 2.10. The van der Waals surface area contributed by atoms with Crippen molar-refractivity contribution in [1.29, 1.82) is 0 Å². The van der Waals surface area contributed by atoms with Crippen LogP contribution in [0, 0.1) is 0 Å². The number of carbonyl (C=O) groups is 1. The fourth-order valence-corrected chi connectivity index (χ4v) is 1.70. The van der Waals surface area contributed by atoms with Crippen molar-refractivity contribution in [3.05, 3.63) is 41.6 Å². The minimum absolute atomic E-state index is 0.0353. The maximum absolute atomic E-state index is 12.0. The average molecular weight is 312 g/mol. The number of nitrogens with zero attached hydrogens (tertiary/aromatic N) is 1. The molecule has 1 aromatic heterocycles. The van der Waals surface area contributed by atoms with Gasteiger partial charge in [-0.25, -0.2) is 0 Å². The molecule has 0 saturated heterocycles. The van der Waals surface area contributed by atoms with Crippen molar-refractivity contribution >= 4 is 28.9 Å². The van der Waals surface area contributed by atoms with E-state index < -0.39 is 12.5 Å². The van der Waals surface area contributed by atoms with E-state index in [-0.39, 0.29) is 22.1 Å². The number of nitrogens with one attached hydrogen (secondary N) is 2. The number of nitrogens with two attached hydrogens (primary N) is 1. The van der Waals surface area contributed by atoms with Gasteiger partial charge in [0.15, 0.2) is 0 Å². The number of H-pyrrole nitrogens is 1. The molecule has 1 aromatic carbocycles. The van der Waals surface area contributed by atoms with Crippen LogP contribution in [-0.2, 0) is 0 Å². The van der Waals surface area contributed by atoms with E-state index in [0.717, 1.165) is 0 Å². The number of halogens is 2. The Morgan fingerprint density at radius 3 is 2.62 bits per heavy atom. The fraction of sp³-hybridized carbons (Fsp3) is 0.0833. The summed E-state index contributed by atoms with van der Waals surface area (Å²) in [4.78, 5) is 12.1. The fourth-order valence-electron chi connectivity index (χ4n) is 1.54. The molecule has 110 valence electrons. The van der Waals surface area contributed by atoms with E-state index >= 15 is 0 Å². The second-order valence-electron chi connectivity index (χ2n) is 3.88. The van der Waals surface area contributed by atoms with E-state index in [2.05, 4.69) is 20.3 Å². The molecule has 1 heterocycles. The van der Waals surface area contributed by atoms with Crippen molar-refractivity contribution in [1.82, 2.24) is 10.2 Å². The van der Waals surface area contributed by atoms with Crippen LogP contribution in [0.25, 0.3) is 0 Å². The van der Waals surface area contributed by atoms with Gasteiger partial charge in [-0.05, 0) is 24.3 Å². The Hall–Kier alpha value is -2.55. The second-order valence-corrected chi connectivity index (χ2v) is 4.32. The van der Waals surface area contributed by atoms with Crippen LogP contribution in [0.2, 0.25) is 0 Å². The van der Waals surface area contributed by atoms with Gasteiger partial charge in [-0.3, -0.25) is 9.89 Å². The number of amides is 1. The second kappa shape index (κ2) is 6.27. The molecule has 0 saturated carbocycles. The summed E-state index contributed by atoms with van der Waals surface area (Å²) in [5.74, 6) is -0.243. The van der Waals surface area contributed by atoms with E-state index in [1.54, 1.807) is 0 Å². The van der Waals surface area contributed by atoms with E-state index in [1.807, 2.05) is 0 Å². The third kappa shape index (κ3) is 3.72. The maximum Gasteiger partial charge on any atom is 0.387 e. The van der Waals surface area contributed by atoms with E-state index in [4.69, 9.17) is 18.0 Å². The molecule has 0 bridgehead atoms. The number of aromatic nitrogens is 2. The molecule has 0 spiro atoms. The molecule has 0 radical (unpaired) electrons. The van der Waals surface area contributed by atoms with Gasteiger partial charge in [0.2, 0.25) is 0 Å². The molecule has 1 amide bonds. The maximum atomic E-state index is 12.0. The molecule has 2 rings (SSSR count). The van der Waals surface area contributed by atoms with Crippen molar-refractivity contribution in [3.8, 4) is 5.75 Å². The highest BCUT2D eigenvalue weighted by molar-refractivity contribution is 7.80. The van der Waals surface area contributed by atoms with Gasteiger partial charge in [0.1, 0.15) is 16.6 Å². The third-order valence-electron chi connectivity index (χ3n) is 2.49. The lowest BCUT2D eigenvalue weighted by atomic mass is 10.2. The van der Waals surface area contributed by atoms with Crippen LogP contribution in [0.1, 0.15) is 15.9 Å². The molecule has 0 aliphatic rings. The molecule has 21 heavy (non-hydrogen) atoms. The molecule has 0 aliphatic carbocycles. The molecule has 9 heteroatoms. The van der Waals surface area contributed by atoms with Gasteiger partial charge in [0.25, 0.3) is 5.91 Å². The molecule has 6 nitrogen and oxygen atoms in total. The van der Waals surface area contributed by atoms with Gasteiger partial charge >= 0.3 is 6.61 Å². The van der Waals surface area contributed by atoms with Crippen LogP contribution in [0.4, 0.5) is 14.6 Å². The van der Waals surface area contributed by atoms with Crippen LogP contribution < -0.4 is 15.8 Å². The standard InChI is InChI=1S/C12H10F2N4O2S/c13-12(14)20-7-3-1-6(2-4-7)11(19)17-10-8(9(15)21)5-16-18-10/h1-5,12H,(H2,15,21)(H2,16,17,18,19). The highest BCUT2D eigenvalue weighted by Gasteiger charge is 2.13. The van der Waals surface area contributed by atoms with Crippen molar-refractivity contribution in [2.45, 2.75) is 6.61 Å². The number of rotatable bonds is 5. The first kappa shape index (κ1) is 14.9. The zero-order valence-corrected chi connectivity index (χ0v) is 11.3. The summed E-state index contributed by atoms with van der Waals surface area (Å²) >= 11 is 4.81. The van der Waals surface area contributed by atoms with E-state index in [9.17, 15) is 13.6 Å². The van der Waals surface area contributed by atoms with Crippen LogP contribution in [0.5, 0.6) is 5.75 Å². The molecular formula is C12H10F2N4O2S. The monoisotopic (exact) mass is 312 g/mol. The van der Waals surface area contributed by atoms with Gasteiger partial charge in [0, 0.05) is 5.56 Å². The Bertz CT molecular complexity index is 658. The first-order chi connectivity index (χ1) is 9.97. The van der Waals surface area contributed by atoms with Gasteiger partial charge in [-0.15, -0.1) is 0 Å². The third-order valence-corrected chi connectivity index (χ3v) is 2.70. The molecule has 2 aromatic rings. The van der Waals surface area contributed by atoms with Crippen molar-refractivity contribution in [2.24, 2.45) is 5.73 Å². The lowest BCUT2D eigenvalue weighted by molar-refractivity contribution is -0.0498. The van der Waals surface area contributed by atoms with Crippen molar-refractivity contribution < 1.29 is 18.3 Å². The molecular weight excluding hydrogens is 302 g/mol. The van der Waals surface area contributed by atoms with Gasteiger partial charge in [0.05, 0.1) is 11.8 Å². The number of carbonyl (C=O) groups excluding carboxylic acids is 1. The lowest BCUT2D eigenvalue weighted by Crippen LogP contribution is -2.17. The Labute approximate surface area is 123 Å². The summed E-state index contributed by atoms with van der Waals surface area (Å²) in [5.41, 5.74) is 6.12. The normalized spacial score (nSPS) is 10.4. The van der Waals surface area contributed by atoms with Gasteiger partial charge in [-0.1, -0.05) is 12.2 Å². The smallest absolute Gasteiger partial charge is 0.387 e. The molecule has 0 fully saturated rings. The number of benzene rings is 1. The minimum atomic E-state index is -2.91.